The third-order valence-electron chi connectivity index (χ3n) is 5.27. The molecule has 0 aliphatic carbocycles. The largest absolute Gasteiger partial charge is 0.507 e. The molecule has 2 aromatic carbocycles. The number of phenols is 1. The second kappa shape index (κ2) is 9.45. The first-order valence-electron chi connectivity index (χ1n) is 10.7. The van der Waals surface area contributed by atoms with Crippen molar-refractivity contribution in [3.63, 3.8) is 0 Å². The van der Waals surface area contributed by atoms with Crippen LogP contribution in [0.15, 0.2) is 30.3 Å². The van der Waals surface area contributed by atoms with Gasteiger partial charge in [-0.3, -0.25) is 24.5 Å². The lowest BCUT2D eigenvalue weighted by Crippen LogP contribution is -2.49. The number of nitrogens with one attached hydrogen (secondary N) is 3. The normalized spacial score (nSPS) is 14.4. The molecular formula is C23H28N4O7S. The van der Waals surface area contributed by atoms with Crippen molar-refractivity contribution < 1.29 is 32.6 Å². The number of aromatic hydroxyl groups is 1. The smallest absolute Gasteiger partial charge is 0.328 e. The second-order valence-electron chi connectivity index (χ2n) is 9.14. The molecule has 0 unspecified atom stereocenters. The number of rotatable bonds is 6. The first kappa shape index (κ1) is 25.8. The van der Waals surface area contributed by atoms with E-state index in [0.717, 1.165) is 6.26 Å². The van der Waals surface area contributed by atoms with Crippen LogP contribution in [0.1, 0.15) is 43.1 Å². The zero-order chi connectivity index (χ0) is 26.1. The molecule has 3 rings (SSSR count). The van der Waals surface area contributed by atoms with E-state index in [0.29, 0.717) is 11.3 Å². The quantitative estimate of drug-likeness (QED) is 0.472. The molecule has 0 radical (unpaired) electrons. The third kappa shape index (κ3) is 6.01. The minimum absolute atomic E-state index is 0.0856. The summed E-state index contributed by atoms with van der Waals surface area (Å²) in [5.74, 6) is -1.13. The van der Waals surface area contributed by atoms with Crippen molar-refractivity contribution in [2.45, 2.75) is 32.6 Å². The average Bonchev–Trinajstić information content (AvgIpc) is 2.73. The maximum atomic E-state index is 13.3. The van der Waals surface area contributed by atoms with Gasteiger partial charge in [0.2, 0.25) is 15.9 Å². The summed E-state index contributed by atoms with van der Waals surface area (Å²) in [6.07, 6.45) is 1.11. The van der Waals surface area contributed by atoms with Crippen molar-refractivity contribution >= 4 is 44.9 Å². The molecule has 12 heteroatoms. The van der Waals surface area contributed by atoms with Crippen LogP contribution in [0.2, 0.25) is 0 Å². The van der Waals surface area contributed by atoms with Crippen molar-refractivity contribution in [1.82, 2.24) is 5.32 Å². The Labute approximate surface area is 203 Å². The Morgan fingerprint density at radius 3 is 2.43 bits per heavy atom. The molecule has 0 saturated carbocycles. The summed E-state index contributed by atoms with van der Waals surface area (Å²) in [4.78, 5) is 38.5. The fourth-order valence-corrected chi connectivity index (χ4v) is 4.15. The summed E-state index contributed by atoms with van der Waals surface area (Å²) in [5.41, 5.74) is 0.603. The van der Waals surface area contributed by atoms with Crippen LogP contribution in [0.25, 0.3) is 0 Å². The van der Waals surface area contributed by atoms with E-state index >= 15 is 0 Å². The molecule has 1 heterocycles. The Morgan fingerprint density at radius 1 is 1.17 bits per heavy atom. The molecule has 0 spiro atoms. The zero-order valence-corrected chi connectivity index (χ0v) is 20.9. The van der Waals surface area contributed by atoms with Gasteiger partial charge >= 0.3 is 6.03 Å². The number of hydrogen-bond acceptors (Lipinski definition) is 7. The van der Waals surface area contributed by atoms with Gasteiger partial charge in [-0.25, -0.2) is 13.2 Å². The zero-order valence-electron chi connectivity index (χ0n) is 20.1. The summed E-state index contributed by atoms with van der Waals surface area (Å²) < 4.78 is 30.6. The number of anilines is 3. The third-order valence-corrected chi connectivity index (χ3v) is 5.87. The monoisotopic (exact) mass is 504 g/mol. The van der Waals surface area contributed by atoms with E-state index in [-0.39, 0.29) is 47.3 Å². The van der Waals surface area contributed by atoms with Gasteiger partial charge in [-0.05, 0) is 29.7 Å². The molecule has 1 saturated heterocycles. The number of ether oxygens (including phenoxy) is 1. The highest BCUT2D eigenvalue weighted by Gasteiger charge is 2.30. The van der Waals surface area contributed by atoms with Crippen LogP contribution in [-0.4, -0.2) is 51.3 Å². The Morgan fingerprint density at radius 2 is 1.86 bits per heavy atom. The lowest BCUT2D eigenvalue weighted by Gasteiger charge is -2.30. The summed E-state index contributed by atoms with van der Waals surface area (Å²) in [5, 5.41) is 15.9. The van der Waals surface area contributed by atoms with Crippen LogP contribution >= 0.6 is 0 Å². The van der Waals surface area contributed by atoms with Gasteiger partial charge in [0.1, 0.15) is 11.5 Å². The van der Waals surface area contributed by atoms with Gasteiger partial charge in [0.15, 0.2) is 0 Å². The lowest BCUT2D eigenvalue weighted by molar-refractivity contribution is -0.120. The Bertz CT molecular complexity index is 1300. The molecule has 0 bridgehead atoms. The number of urea groups is 1. The van der Waals surface area contributed by atoms with Crippen LogP contribution in [0, 0.1) is 0 Å². The number of hydrogen-bond donors (Lipinski definition) is 4. The van der Waals surface area contributed by atoms with Crippen LogP contribution in [-0.2, 0) is 20.2 Å². The van der Waals surface area contributed by atoms with Crippen molar-refractivity contribution in [3.8, 4) is 11.5 Å². The predicted molar refractivity (Wildman–Crippen MR) is 132 cm³/mol. The van der Waals surface area contributed by atoms with Crippen LogP contribution < -0.4 is 25.0 Å². The predicted octanol–water partition coefficient (Wildman–Crippen LogP) is 2.77. The fourth-order valence-electron chi connectivity index (χ4n) is 3.59. The molecule has 1 fully saturated rings. The summed E-state index contributed by atoms with van der Waals surface area (Å²) in [6.45, 7) is 5.68. The Hall–Kier alpha value is -3.80. The van der Waals surface area contributed by atoms with Crippen molar-refractivity contribution in [1.29, 1.82) is 0 Å². The van der Waals surface area contributed by atoms with Crippen LogP contribution in [0.5, 0.6) is 11.5 Å². The van der Waals surface area contributed by atoms with Crippen LogP contribution in [0.4, 0.5) is 21.9 Å². The van der Waals surface area contributed by atoms with Crippen LogP contribution in [0.3, 0.4) is 0 Å². The highest BCUT2D eigenvalue weighted by atomic mass is 32.2. The molecule has 35 heavy (non-hydrogen) atoms. The first-order valence-corrected chi connectivity index (χ1v) is 12.5. The number of benzene rings is 2. The van der Waals surface area contributed by atoms with Gasteiger partial charge < -0.3 is 15.2 Å². The molecule has 4 amide bonds. The van der Waals surface area contributed by atoms with E-state index in [1.807, 2.05) is 20.8 Å². The number of imide groups is 1. The SMILES string of the molecule is COc1cc(NS(C)(=O)=O)ccc1NC(=O)c1cc(N2CCC(=O)NC2=O)cc(C(C)(C)C)c1O. The Balaban J connectivity index is 2.01. The van der Waals surface area contributed by atoms with Crippen molar-refractivity contribution in [2.24, 2.45) is 0 Å². The summed E-state index contributed by atoms with van der Waals surface area (Å²) >= 11 is 0. The number of sulfonamides is 1. The minimum atomic E-state index is -3.51. The number of methoxy groups -OCH3 is 1. The van der Waals surface area contributed by atoms with E-state index in [4.69, 9.17) is 4.74 Å². The highest BCUT2D eigenvalue weighted by Crippen LogP contribution is 2.38. The molecule has 0 aromatic heterocycles. The number of phenolic OH excluding ortho intramolecular Hbond substituents is 1. The first-order chi connectivity index (χ1) is 16.2. The van der Waals surface area contributed by atoms with Gasteiger partial charge in [-0.1, -0.05) is 20.8 Å². The van der Waals surface area contributed by atoms with E-state index in [1.54, 1.807) is 6.07 Å². The Kier molecular flexibility index (Phi) is 6.97. The molecular weight excluding hydrogens is 476 g/mol. The average molecular weight is 505 g/mol. The standard InChI is InChI=1S/C23H28N4O7S/c1-23(2,3)16-12-14(27-9-8-19(28)25-22(27)31)11-15(20(16)29)21(30)24-17-7-6-13(10-18(17)34-4)26-35(5,32)33/h6-7,10-12,26,29H,8-9H2,1-5H3,(H,24,30)(H,25,28,31). The van der Waals surface area contributed by atoms with E-state index in [9.17, 15) is 27.9 Å². The molecule has 188 valence electrons. The second-order valence-corrected chi connectivity index (χ2v) is 10.9. The summed E-state index contributed by atoms with van der Waals surface area (Å²) in [7, 11) is -2.15. The number of carbonyl (C=O) groups is 3. The fraction of sp³-hybridized carbons (Fsp3) is 0.348. The molecule has 11 nitrogen and oxygen atoms in total. The number of nitrogens with zero attached hydrogens (tertiary/aromatic N) is 1. The van der Waals surface area contributed by atoms with Crippen molar-refractivity contribution in [3.05, 3.63) is 41.5 Å². The molecule has 4 N–H and O–H groups in total. The molecule has 2 aromatic rings. The van der Waals surface area contributed by atoms with E-state index < -0.39 is 27.4 Å². The van der Waals surface area contributed by atoms with Gasteiger partial charge in [0.05, 0.1) is 30.3 Å². The van der Waals surface area contributed by atoms with Gasteiger partial charge in [0, 0.05) is 30.3 Å². The molecule has 0 atom stereocenters. The van der Waals surface area contributed by atoms with Gasteiger partial charge in [0.25, 0.3) is 5.91 Å². The topological polar surface area (TPSA) is 154 Å². The summed E-state index contributed by atoms with van der Waals surface area (Å²) in [6, 6.07) is 6.69. The lowest BCUT2D eigenvalue weighted by atomic mass is 9.84. The number of amides is 4. The van der Waals surface area contributed by atoms with E-state index in [2.05, 4.69) is 15.4 Å². The van der Waals surface area contributed by atoms with Gasteiger partial charge in [-0.2, -0.15) is 0 Å². The molecule has 1 aliphatic rings. The molecule has 1 aliphatic heterocycles. The maximum Gasteiger partial charge on any atom is 0.328 e. The minimum Gasteiger partial charge on any atom is -0.507 e. The highest BCUT2D eigenvalue weighted by molar-refractivity contribution is 7.92. The van der Waals surface area contributed by atoms with Gasteiger partial charge in [-0.15, -0.1) is 0 Å². The maximum absolute atomic E-state index is 13.3. The van der Waals surface area contributed by atoms with Crippen molar-refractivity contribution in [2.75, 3.05) is 34.8 Å². The van der Waals surface area contributed by atoms with E-state index in [1.165, 1.54) is 36.3 Å². The number of carbonyl (C=O) groups excluding carboxylic acids is 3.